The first-order valence-corrected chi connectivity index (χ1v) is 4.79. The average Bonchev–Trinajstić information content (AvgIpc) is 2.13. The molecule has 0 rings (SSSR count). The van der Waals surface area contributed by atoms with Crippen LogP contribution in [-0.2, 0) is 0 Å². The lowest BCUT2D eigenvalue weighted by Gasteiger charge is -2.18. The summed E-state index contributed by atoms with van der Waals surface area (Å²) in [5.41, 5.74) is 0.959. The van der Waals surface area contributed by atoms with Crippen molar-refractivity contribution in [3.05, 3.63) is 37.0 Å². The Morgan fingerprint density at radius 3 is 2.62 bits per heavy atom. The van der Waals surface area contributed by atoms with Crippen molar-refractivity contribution < 1.29 is 5.11 Å². The van der Waals surface area contributed by atoms with Gasteiger partial charge in [0.2, 0.25) is 0 Å². The monoisotopic (exact) mass is 180 g/mol. The molecule has 1 N–H and O–H groups in total. The van der Waals surface area contributed by atoms with Crippen molar-refractivity contribution in [3.8, 4) is 0 Å². The first kappa shape index (κ1) is 12.2. The summed E-state index contributed by atoms with van der Waals surface area (Å²) >= 11 is 0. The van der Waals surface area contributed by atoms with E-state index in [0.29, 0.717) is 0 Å². The zero-order valence-electron chi connectivity index (χ0n) is 8.66. The van der Waals surface area contributed by atoms with Gasteiger partial charge in [-0.2, -0.15) is 0 Å². The van der Waals surface area contributed by atoms with Crippen LogP contribution in [-0.4, -0.2) is 11.2 Å². The highest BCUT2D eigenvalue weighted by molar-refractivity contribution is 5.21. The van der Waals surface area contributed by atoms with Crippen molar-refractivity contribution in [2.45, 2.75) is 32.8 Å². The molecule has 0 radical (unpaired) electrons. The van der Waals surface area contributed by atoms with Gasteiger partial charge in [-0.05, 0) is 12.0 Å². The minimum Gasteiger partial charge on any atom is -0.393 e. The van der Waals surface area contributed by atoms with Crippen molar-refractivity contribution >= 4 is 0 Å². The predicted octanol–water partition coefficient (Wildman–Crippen LogP) is 3.08. The molecule has 0 aromatic carbocycles. The van der Waals surface area contributed by atoms with Crippen LogP contribution >= 0.6 is 0 Å². The van der Waals surface area contributed by atoms with Gasteiger partial charge < -0.3 is 5.11 Å². The van der Waals surface area contributed by atoms with E-state index in [4.69, 9.17) is 0 Å². The molecule has 0 aliphatic rings. The maximum absolute atomic E-state index is 9.67. The third-order valence-electron chi connectivity index (χ3n) is 2.19. The Labute approximate surface area is 81.5 Å². The van der Waals surface area contributed by atoms with Crippen molar-refractivity contribution in [2.24, 2.45) is 5.92 Å². The topological polar surface area (TPSA) is 20.2 Å². The van der Waals surface area contributed by atoms with E-state index in [1.807, 2.05) is 19.1 Å². The molecular formula is C12H20O. The molecule has 0 aromatic heterocycles. The van der Waals surface area contributed by atoms with Crippen LogP contribution in [0.5, 0.6) is 0 Å². The maximum Gasteiger partial charge on any atom is 0.0605 e. The number of hydrogen-bond acceptors (Lipinski definition) is 1. The number of hydrogen-bond donors (Lipinski definition) is 1. The van der Waals surface area contributed by atoms with Crippen LogP contribution < -0.4 is 0 Å². The van der Waals surface area contributed by atoms with E-state index in [0.717, 1.165) is 18.4 Å². The van der Waals surface area contributed by atoms with E-state index >= 15 is 0 Å². The summed E-state index contributed by atoms with van der Waals surface area (Å²) in [6.45, 7) is 11.5. The minimum atomic E-state index is -0.271. The van der Waals surface area contributed by atoms with Crippen LogP contribution in [0, 0.1) is 5.92 Å². The standard InChI is InChI=1S/C12H20O/c1-5-7-9-10(3)11(4)12(13)8-6-2/h5,7,9,11-13H,1,3,6,8H2,2,4H3/b9-7-/t11-,12+/m0/s1. The fourth-order valence-electron chi connectivity index (χ4n) is 1.14. The van der Waals surface area contributed by atoms with Gasteiger partial charge in [-0.25, -0.2) is 0 Å². The molecule has 0 bridgehead atoms. The highest BCUT2D eigenvalue weighted by Crippen LogP contribution is 2.17. The van der Waals surface area contributed by atoms with E-state index in [1.54, 1.807) is 6.08 Å². The quantitative estimate of drug-likeness (QED) is 0.623. The molecule has 0 aliphatic carbocycles. The molecule has 0 spiro atoms. The van der Waals surface area contributed by atoms with Gasteiger partial charge in [0.1, 0.15) is 0 Å². The van der Waals surface area contributed by atoms with Crippen LogP contribution in [0.2, 0.25) is 0 Å². The third-order valence-corrected chi connectivity index (χ3v) is 2.19. The van der Waals surface area contributed by atoms with Gasteiger partial charge in [-0.3, -0.25) is 0 Å². The van der Waals surface area contributed by atoms with E-state index in [2.05, 4.69) is 20.1 Å². The van der Waals surface area contributed by atoms with Gasteiger partial charge >= 0.3 is 0 Å². The summed E-state index contributed by atoms with van der Waals surface area (Å²) in [5.74, 6) is 0.135. The van der Waals surface area contributed by atoms with Gasteiger partial charge in [0.05, 0.1) is 6.10 Å². The van der Waals surface area contributed by atoms with Crippen molar-refractivity contribution in [1.29, 1.82) is 0 Å². The first-order chi connectivity index (χ1) is 6.13. The molecule has 0 aromatic rings. The van der Waals surface area contributed by atoms with Crippen LogP contribution in [0.4, 0.5) is 0 Å². The number of rotatable bonds is 6. The molecule has 0 fully saturated rings. The number of allylic oxidation sites excluding steroid dienone is 3. The van der Waals surface area contributed by atoms with E-state index in [1.165, 1.54) is 0 Å². The fraction of sp³-hybridized carbons (Fsp3) is 0.500. The van der Waals surface area contributed by atoms with Crippen LogP contribution in [0.3, 0.4) is 0 Å². The molecule has 0 aliphatic heterocycles. The van der Waals surface area contributed by atoms with Crippen LogP contribution in [0.15, 0.2) is 37.0 Å². The Kier molecular flexibility index (Phi) is 6.25. The third kappa shape index (κ3) is 4.69. The SMILES string of the molecule is C=C/C=C\C(=C)[C@H](C)[C@H](O)CCC. The summed E-state index contributed by atoms with van der Waals surface area (Å²) in [5, 5.41) is 9.67. The molecule has 0 heterocycles. The molecule has 0 saturated heterocycles. The smallest absolute Gasteiger partial charge is 0.0605 e. The van der Waals surface area contributed by atoms with Crippen LogP contribution in [0.25, 0.3) is 0 Å². The maximum atomic E-state index is 9.67. The molecule has 74 valence electrons. The Balaban J connectivity index is 4.08. The van der Waals surface area contributed by atoms with Gasteiger partial charge in [-0.15, -0.1) is 0 Å². The summed E-state index contributed by atoms with van der Waals surface area (Å²) in [4.78, 5) is 0. The zero-order chi connectivity index (χ0) is 10.3. The van der Waals surface area contributed by atoms with Crippen LogP contribution in [0.1, 0.15) is 26.7 Å². The molecule has 13 heavy (non-hydrogen) atoms. The lowest BCUT2D eigenvalue weighted by Crippen LogP contribution is -2.18. The highest BCUT2D eigenvalue weighted by Gasteiger charge is 2.13. The van der Waals surface area contributed by atoms with E-state index in [9.17, 15) is 5.11 Å². The largest absolute Gasteiger partial charge is 0.393 e. The Hall–Kier alpha value is -0.820. The predicted molar refractivity (Wildman–Crippen MR) is 58.6 cm³/mol. The number of aliphatic hydroxyl groups excluding tert-OH is 1. The summed E-state index contributed by atoms with van der Waals surface area (Å²) in [7, 11) is 0. The highest BCUT2D eigenvalue weighted by atomic mass is 16.3. The second-order valence-corrected chi connectivity index (χ2v) is 3.31. The normalized spacial score (nSPS) is 15.6. The summed E-state index contributed by atoms with van der Waals surface area (Å²) in [6.07, 6.45) is 7.02. The molecule has 1 heteroatoms. The molecule has 0 amide bonds. The van der Waals surface area contributed by atoms with Crippen molar-refractivity contribution in [2.75, 3.05) is 0 Å². The molecule has 0 saturated carbocycles. The fourth-order valence-corrected chi connectivity index (χ4v) is 1.14. The zero-order valence-corrected chi connectivity index (χ0v) is 8.66. The second kappa shape index (κ2) is 6.67. The van der Waals surface area contributed by atoms with Gasteiger partial charge in [0, 0.05) is 5.92 Å². The number of aliphatic hydroxyl groups is 1. The first-order valence-electron chi connectivity index (χ1n) is 4.79. The lowest BCUT2D eigenvalue weighted by atomic mass is 9.93. The Morgan fingerprint density at radius 2 is 2.15 bits per heavy atom. The lowest BCUT2D eigenvalue weighted by molar-refractivity contribution is 0.124. The summed E-state index contributed by atoms with van der Waals surface area (Å²) in [6, 6.07) is 0. The van der Waals surface area contributed by atoms with Crippen molar-refractivity contribution in [3.63, 3.8) is 0 Å². The van der Waals surface area contributed by atoms with Gasteiger partial charge in [-0.1, -0.05) is 51.7 Å². The van der Waals surface area contributed by atoms with Crippen molar-refractivity contribution in [1.82, 2.24) is 0 Å². The molecule has 0 unspecified atom stereocenters. The Bertz CT molecular complexity index is 191. The average molecular weight is 180 g/mol. The van der Waals surface area contributed by atoms with E-state index < -0.39 is 0 Å². The Morgan fingerprint density at radius 1 is 1.54 bits per heavy atom. The minimum absolute atomic E-state index is 0.135. The summed E-state index contributed by atoms with van der Waals surface area (Å²) < 4.78 is 0. The molecular weight excluding hydrogens is 160 g/mol. The van der Waals surface area contributed by atoms with E-state index in [-0.39, 0.29) is 12.0 Å². The molecule has 1 nitrogen and oxygen atoms in total. The second-order valence-electron chi connectivity index (χ2n) is 3.31. The molecule has 2 atom stereocenters. The van der Waals surface area contributed by atoms with Gasteiger partial charge in [0.25, 0.3) is 0 Å². The van der Waals surface area contributed by atoms with Gasteiger partial charge in [0.15, 0.2) is 0 Å².